The molecule has 0 saturated carbocycles. The van der Waals surface area contributed by atoms with E-state index in [-0.39, 0.29) is 0 Å². The second-order valence-electron chi connectivity index (χ2n) is 7.05. The monoisotopic (exact) mass is 337 g/mol. The second-order valence-corrected chi connectivity index (χ2v) is 7.05. The first-order valence-corrected chi connectivity index (χ1v) is 10.7. The summed E-state index contributed by atoms with van der Waals surface area (Å²) >= 11 is 0. The molecule has 0 heterocycles. The van der Waals surface area contributed by atoms with Gasteiger partial charge in [-0.1, -0.05) is 77.4 Å². The number of rotatable bonds is 19. The van der Waals surface area contributed by atoms with Gasteiger partial charge >= 0.3 is 0 Å². The first-order chi connectivity index (χ1) is 11.8. The van der Waals surface area contributed by atoms with Crippen LogP contribution >= 0.6 is 0 Å². The maximum atomic E-state index is 11.6. The van der Waals surface area contributed by atoms with Gasteiger partial charge in [0.15, 0.2) is 0 Å². The van der Waals surface area contributed by atoms with Crippen LogP contribution in [0, 0.1) is 0 Å². The molecule has 0 aromatic carbocycles. The van der Waals surface area contributed by atoms with Crippen molar-refractivity contribution in [3.8, 4) is 0 Å². The fraction of sp³-hybridized carbons (Fsp3) is 0.864. The van der Waals surface area contributed by atoms with Crippen molar-refractivity contribution in [1.82, 2.24) is 5.32 Å². The van der Waals surface area contributed by atoms with E-state index in [1.807, 2.05) is 0 Å². The van der Waals surface area contributed by atoms with Crippen molar-refractivity contribution in [2.45, 2.75) is 110 Å². The van der Waals surface area contributed by atoms with Crippen LogP contribution < -0.4 is 5.32 Å². The number of hydrogen-bond acceptors (Lipinski definition) is 2. The number of allylic oxidation sites excluding steroid dienone is 2. The number of nitrogens with one attached hydrogen (secondary N) is 1. The largest absolute Gasteiger partial charge is 0.310 e. The molecule has 0 aliphatic carbocycles. The average Bonchev–Trinajstić information content (AvgIpc) is 2.58. The molecule has 0 aromatic heterocycles. The number of carbonyl (C=O) groups is 1. The Bertz CT molecular complexity index is 286. The predicted molar refractivity (Wildman–Crippen MR) is 108 cm³/mol. The first kappa shape index (κ1) is 23.4. The smallest absolute Gasteiger partial charge is 0.146 e. The molecule has 0 amide bonds. The highest BCUT2D eigenvalue weighted by atomic mass is 16.1. The van der Waals surface area contributed by atoms with Crippen molar-refractivity contribution >= 4 is 5.78 Å². The molecule has 0 rings (SSSR count). The Labute approximate surface area is 151 Å². The summed E-state index contributed by atoms with van der Waals surface area (Å²) in [6.45, 7) is 5.92. The Morgan fingerprint density at radius 1 is 0.708 bits per heavy atom. The highest BCUT2D eigenvalue weighted by Gasteiger charge is 2.00. The van der Waals surface area contributed by atoms with E-state index in [1.54, 1.807) is 0 Å². The SMILES string of the molecule is CCCCCCCC/C=C\CCCCCCCC(=O)CNCCC. The molecule has 1 N–H and O–H groups in total. The fourth-order valence-corrected chi connectivity index (χ4v) is 2.89. The van der Waals surface area contributed by atoms with Crippen LogP contribution in [0.2, 0.25) is 0 Å². The van der Waals surface area contributed by atoms with E-state index in [4.69, 9.17) is 0 Å². The Morgan fingerprint density at radius 2 is 1.25 bits per heavy atom. The van der Waals surface area contributed by atoms with E-state index in [0.29, 0.717) is 12.3 Å². The first-order valence-electron chi connectivity index (χ1n) is 10.7. The van der Waals surface area contributed by atoms with Crippen LogP contribution in [0.1, 0.15) is 110 Å². The lowest BCUT2D eigenvalue weighted by Crippen LogP contribution is -2.23. The van der Waals surface area contributed by atoms with Gasteiger partial charge in [-0.15, -0.1) is 0 Å². The molecule has 142 valence electrons. The number of ketones is 1. The van der Waals surface area contributed by atoms with Crippen molar-refractivity contribution < 1.29 is 4.79 Å². The summed E-state index contributed by atoms with van der Waals surface area (Å²) in [4.78, 5) is 11.6. The molecular formula is C22H43NO. The molecule has 0 fully saturated rings. The summed E-state index contributed by atoms with van der Waals surface area (Å²) in [5.74, 6) is 0.376. The molecule has 0 radical (unpaired) electrons. The van der Waals surface area contributed by atoms with Crippen molar-refractivity contribution in [2.24, 2.45) is 0 Å². The third-order valence-corrected chi connectivity index (χ3v) is 4.47. The Hall–Kier alpha value is -0.630. The van der Waals surface area contributed by atoms with Crippen LogP contribution in [-0.4, -0.2) is 18.9 Å². The van der Waals surface area contributed by atoms with Crippen LogP contribution in [0.15, 0.2) is 12.2 Å². The summed E-state index contributed by atoms with van der Waals surface area (Å²) in [7, 11) is 0. The van der Waals surface area contributed by atoms with Gasteiger partial charge in [0.2, 0.25) is 0 Å². The van der Waals surface area contributed by atoms with Gasteiger partial charge in [-0.05, 0) is 45.1 Å². The lowest BCUT2D eigenvalue weighted by atomic mass is 10.1. The van der Waals surface area contributed by atoms with E-state index in [2.05, 4.69) is 31.3 Å². The standard InChI is InChI=1S/C22H43NO/c1-3-5-6-7-8-9-10-11-12-13-14-15-16-17-18-19-22(24)21-23-20-4-2/h11-12,23H,3-10,13-21H2,1-2H3/b12-11-. The van der Waals surface area contributed by atoms with E-state index >= 15 is 0 Å². The highest BCUT2D eigenvalue weighted by Crippen LogP contribution is 2.10. The zero-order chi connectivity index (χ0) is 17.7. The molecule has 0 aromatic rings. The summed E-state index contributed by atoms with van der Waals surface area (Å²) in [6.07, 6.45) is 23.6. The van der Waals surface area contributed by atoms with Crippen molar-refractivity contribution in [2.75, 3.05) is 13.1 Å². The topological polar surface area (TPSA) is 29.1 Å². The van der Waals surface area contributed by atoms with Gasteiger partial charge in [-0.3, -0.25) is 4.79 Å². The third-order valence-electron chi connectivity index (χ3n) is 4.47. The molecule has 0 aliphatic rings. The Morgan fingerprint density at radius 3 is 1.83 bits per heavy atom. The average molecular weight is 338 g/mol. The van der Waals surface area contributed by atoms with E-state index in [1.165, 1.54) is 77.0 Å². The molecule has 0 saturated heterocycles. The van der Waals surface area contributed by atoms with Gasteiger partial charge < -0.3 is 5.32 Å². The van der Waals surface area contributed by atoms with Gasteiger partial charge in [0.1, 0.15) is 5.78 Å². The van der Waals surface area contributed by atoms with E-state index in [9.17, 15) is 4.79 Å². The van der Waals surface area contributed by atoms with Gasteiger partial charge in [0, 0.05) is 6.42 Å². The Kier molecular flexibility index (Phi) is 19.9. The van der Waals surface area contributed by atoms with Crippen LogP contribution in [0.25, 0.3) is 0 Å². The van der Waals surface area contributed by atoms with Crippen molar-refractivity contribution in [1.29, 1.82) is 0 Å². The quantitative estimate of drug-likeness (QED) is 0.213. The highest BCUT2D eigenvalue weighted by molar-refractivity contribution is 5.80. The summed E-state index contributed by atoms with van der Waals surface area (Å²) in [5, 5.41) is 3.18. The lowest BCUT2D eigenvalue weighted by Gasteiger charge is -2.03. The summed E-state index contributed by atoms with van der Waals surface area (Å²) in [5.41, 5.74) is 0. The lowest BCUT2D eigenvalue weighted by molar-refractivity contribution is -0.118. The zero-order valence-electron chi connectivity index (χ0n) is 16.6. The minimum atomic E-state index is 0.376. The van der Waals surface area contributed by atoms with E-state index < -0.39 is 0 Å². The van der Waals surface area contributed by atoms with Crippen molar-refractivity contribution in [3.63, 3.8) is 0 Å². The molecular weight excluding hydrogens is 294 g/mol. The maximum Gasteiger partial charge on any atom is 0.146 e. The van der Waals surface area contributed by atoms with Gasteiger partial charge in [0.25, 0.3) is 0 Å². The van der Waals surface area contributed by atoms with Gasteiger partial charge in [0.05, 0.1) is 6.54 Å². The van der Waals surface area contributed by atoms with E-state index in [0.717, 1.165) is 25.8 Å². The van der Waals surface area contributed by atoms with Crippen LogP contribution in [0.3, 0.4) is 0 Å². The van der Waals surface area contributed by atoms with Gasteiger partial charge in [-0.25, -0.2) is 0 Å². The number of carbonyl (C=O) groups excluding carboxylic acids is 1. The number of hydrogen-bond donors (Lipinski definition) is 1. The molecule has 0 aliphatic heterocycles. The summed E-state index contributed by atoms with van der Waals surface area (Å²) < 4.78 is 0. The maximum absolute atomic E-state index is 11.6. The minimum Gasteiger partial charge on any atom is -0.310 e. The third kappa shape index (κ3) is 19.4. The molecule has 24 heavy (non-hydrogen) atoms. The molecule has 0 atom stereocenters. The molecule has 2 heteroatoms. The predicted octanol–water partition coefficient (Wildman–Crippen LogP) is 6.59. The van der Waals surface area contributed by atoms with Crippen LogP contribution in [0.4, 0.5) is 0 Å². The van der Waals surface area contributed by atoms with Crippen molar-refractivity contribution in [3.05, 3.63) is 12.2 Å². The molecule has 0 unspecified atom stereocenters. The van der Waals surface area contributed by atoms with Crippen LogP contribution in [0.5, 0.6) is 0 Å². The number of Topliss-reactive ketones (excluding diaryl/α,β-unsaturated/α-hetero) is 1. The fourth-order valence-electron chi connectivity index (χ4n) is 2.89. The Balaban J connectivity index is 3.16. The summed E-state index contributed by atoms with van der Waals surface area (Å²) in [6, 6.07) is 0. The number of unbranched alkanes of at least 4 members (excludes halogenated alkanes) is 11. The van der Waals surface area contributed by atoms with Crippen LogP contribution in [-0.2, 0) is 4.79 Å². The molecule has 0 spiro atoms. The molecule has 2 nitrogen and oxygen atoms in total. The normalized spacial score (nSPS) is 11.4. The minimum absolute atomic E-state index is 0.376. The van der Waals surface area contributed by atoms with Gasteiger partial charge in [-0.2, -0.15) is 0 Å². The molecule has 0 bridgehead atoms. The zero-order valence-corrected chi connectivity index (χ0v) is 16.6. The second kappa shape index (κ2) is 20.4.